The summed E-state index contributed by atoms with van der Waals surface area (Å²) >= 11 is 0. The molecule has 7 nitrogen and oxygen atoms in total. The predicted octanol–water partition coefficient (Wildman–Crippen LogP) is 1.18. The lowest BCUT2D eigenvalue weighted by molar-refractivity contribution is -0.385. The van der Waals surface area contributed by atoms with E-state index in [-0.39, 0.29) is 24.4 Å². The normalized spacial score (nSPS) is 11.4. The standard InChI is InChI=1S/C12H18N2O5S/c15-9-5-1-4-8-13-20(18,19)10-11-6-2-3-7-12(11)14(16)17/h2-3,6-7,13,15H,1,4-5,8-10H2. The average Bonchev–Trinajstić information content (AvgIpc) is 2.38. The third-order valence-corrected chi connectivity index (χ3v) is 4.03. The number of unbranched alkanes of at least 4 members (excludes halogenated alkanes) is 2. The Morgan fingerprint density at radius 1 is 1.20 bits per heavy atom. The first-order valence-corrected chi connectivity index (χ1v) is 7.92. The van der Waals surface area contributed by atoms with E-state index in [0.29, 0.717) is 12.8 Å². The molecular formula is C12H18N2O5S. The molecule has 0 unspecified atom stereocenters. The number of hydrogen-bond donors (Lipinski definition) is 2. The fourth-order valence-electron chi connectivity index (χ4n) is 1.71. The maximum absolute atomic E-state index is 11.8. The van der Waals surface area contributed by atoms with E-state index in [4.69, 9.17) is 5.11 Å². The van der Waals surface area contributed by atoms with E-state index in [0.717, 1.165) is 6.42 Å². The number of aliphatic hydroxyl groups excluding tert-OH is 1. The zero-order chi connectivity index (χ0) is 15.0. The summed E-state index contributed by atoms with van der Waals surface area (Å²) in [4.78, 5) is 10.2. The molecule has 0 aliphatic heterocycles. The Morgan fingerprint density at radius 2 is 1.90 bits per heavy atom. The summed E-state index contributed by atoms with van der Waals surface area (Å²) in [6.07, 6.45) is 1.98. The maximum Gasteiger partial charge on any atom is 0.273 e. The Morgan fingerprint density at radius 3 is 2.55 bits per heavy atom. The predicted molar refractivity (Wildman–Crippen MR) is 74.7 cm³/mol. The quantitative estimate of drug-likeness (QED) is 0.404. The van der Waals surface area contributed by atoms with Crippen molar-refractivity contribution in [3.8, 4) is 0 Å². The second kappa shape index (κ2) is 7.93. The second-order valence-electron chi connectivity index (χ2n) is 4.32. The number of nitro groups is 1. The Kier molecular flexibility index (Phi) is 6.56. The molecule has 1 rings (SSSR count). The lowest BCUT2D eigenvalue weighted by atomic mass is 10.2. The number of nitrogens with zero attached hydrogens (tertiary/aromatic N) is 1. The maximum atomic E-state index is 11.8. The summed E-state index contributed by atoms with van der Waals surface area (Å²) < 4.78 is 26.0. The number of nitro benzene ring substituents is 1. The van der Waals surface area contributed by atoms with E-state index < -0.39 is 20.7 Å². The molecule has 2 N–H and O–H groups in total. The van der Waals surface area contributed by atoms with Gasteiger partial charge in [0.05, 0.1) is 10.7 Å². The number of rotatable bonds is 9. The minimum absolute atomic E-state index is 0.0863. The second-order valence-corrected chi connectivity index (χ2v) is 6.13. The number of hydrogen-bond acceptors (Lipinski definition) is 5. The molecule has 0 aliphatic carbocycles. The summed E-state index contributed by atoms with van der Waals surface area (Å²) in [5.74, 6) is -0.413. The lowest BCUT2D eigenvalue weighted by Crippen LogP contribution is -2.26. The van der Waals surface area contributed by atoms with Crippen LogP contribution in [0.2, 0.25) is 0 Å². The van der Waals surface area contributed by atoms with Gasteiger partial charge in [-0.3, -0.25) is 10.1 Å². The molecule has 20 heavy (non-hydrogen) atoms. The summed E-state index contributed by atoms with van der Waals surface area (Å²) in [5, 5.41) is 19.4. The highest BCUT2D eigenvalue weighted by Crippen LogP contribution is 2.19. The molecule has 0 radical (unpaired) electrons. The van der Waals surface area contributed by atoms with Gasteiger partial charge in [0, 0.05) is 24.8 Å². The molecule has 0 aromatic heterocycles. The molecule has 0 fully saturated rings. The van der Waals surface area contributed by atoms with Gasteiger partial charge in [-0.1, -0.05) is 18.2 Å². The Labute approximate surface area is 117 Å². The SMILES string of the molecule is O=[N+]([O-])c1ccccc1CS(=O)(=O)NCCCCCO. The summed E-state index contributed by atoms with van der Waals surface area (Å²) in [7, 11) is -3.59. The van der Waals surface area contributed by atoms with Gasteiger partial charge in [-0.25, -0.2) is 13.1 Å². The van der Waals surface area contributed by atoms with Crippen molar-refractivity contribution in [3.05, 3.63) is 39.9 Å². The molecule has 0 saturated heterocycles. The van der Waals surface area contributed by atoms with Crippen molar-refractivity contribution in [2.75, 3.05) is 13.2 Å². The first-order valence-electron chi connectivity index (χ1n) is 6.27. The van der Waals surface area contributed by atoms with Crippen LogP contribution in [0.15, 0.2) is 24.3 Å². The van der Waals surface area contributed by atoms with Gasteiger partial charge in [0.25, 0.3) is 5.69 Å². The minimum atomic E-state index is -3.59. The molecule has 1 aromatic carbocycles. The lowest BCUT2D eigenvalue weighted by Gasteiger charge is -2.07. The third kappa shape index (κ3) is 5.64. The molecule has 0 saturated carbocycles. The van der Waals surface area contributed by atoms with Crippen LogP contribution in [0.1, 0.15) is 24.8 Å². The van der Waals surface area contributed by atoms with Gasteiger partial charge >= 0.3 is 0 Å². The number of benzene rings is 1. The van der Waals surface area contributed by atoms with Crippen LogP contribution in [0.5, 0.6) is 0 Å². The van der Waals surface area contributed by atoms with Gasteiger partial charge in [0.2, 0.25) is 10.0 Å². The van der Waals surface area contributed by atoms with Crippen molar-refractivity contribution in [1.82, 2.24) is 4.72 Å². The Bertz CT molecular complexity index is 545. The van der Waals surface area contributed by atoms with Crippen molar-refractivity contribution in [2.24, 2.45) is 0 Å². The van der Waals surface area contributed by atoms with Crippen LogP contribution >= 0.6 is 0 Å². The Hall–Kier alpha value is -1.51. The first kappa shape index (κ1) is 16.5. The van der Waals surface area contributed by atoms with Crippen molar-refractivity contribution < 1.29 is 18.4 Å². The number of aliphatic hydroxyl groups is 1. The minimum Gasteiger partial charge on any atom is -0.396 e. The molecular weight excluding hydrogens is 284 g/mol. The van der Waals surface area contributed by atoms with Crippen molar-refractivity contribution in [3.63, 3.8) is 0 Å². The highest BCUT2D eigenvalue weighted by Gasteiger charge is 2.19. The highest BCUT2D eigenvalue weighted by molar-refractivity contribution is 7.88. The highest BCUT2D eigenvalue weighted by atomic mass is 32.2. The summed E-state index contributed by atoms with van der Waals surface area (Å²) in [5.41, 5.74) is -0.0292. The van der Waals surface area contributed by atoms with Crippen LogP contribution < -0.4 is 4.72 Å². The largest absolute Gasteiger partial charge is 0.396 e. The number of nitrogens with one attached hydrogen (secondary N) is 1. The van der Waals surface area contributed by atoms with E-state index in [1.54, 1.807) is 6.07 Å². The van der Waals surface area contributed by atoms with Gasteiger partial charge in [-0.15, -0.1) is 0 Å². The molecule has 0 spiro atoms. The number of sulfonamides is 1. The molecule has 0 atom stereocenters. The fraction of sp³-hybridized carbons (Fsp3) is 0.500. The number of para-hydroxylation sites is 1. The van der Waals surface area contributed by atoms with Crippen molar-refractivity contribution in [1.29, 1.82) is 0 Å². The van der Waals surface area contributed by atoms with Gasteiger partial charge in [0.15, 0.2) is 0 Å². The van der Waals surface area contributed by atoms with E-state index in [2.05, 4.69) is 4.72 Å². The monoisotopic (exact) mass is 302 g/mol. The molecule has 112 valence electrons. The van der Waals surface area contributed by atoms with E-state index in [1.165, 1.54) is 18.2 Å². The van der Waals surface area contributed by atoms with Crippen molar-refractivity contribution >= 4 is 15.7 Å². The van der Waals surface area contributed by atoms with Gasteiger partial charge in [-0.2, -0.15) is 0 Å². The fourth-order valence-corrected chi connectivity index (χ4v) is 2.92. The summed E-state index contributed by atoms with van der Waals surface area (Å²) in [6.45, 7) is 0.353. The van der Waals surface area contributed by atoms with Gasteiger partial charge in [0.1, 0.15) is 0 Å². The average molecular weight is 302 g/mol. The first-order chi connectivity index (χ1) is 9.46. The molecule has 0 heterocycles. The van der Waals surface area contributed by atoms with Crippen LogP contribution in [-0.2, 0) is 15.8 Å². The summed E-state index contributed by atoms with van der Waals surface area (Å²) in [6, 6.07) is 5.78. The van der Waals surface area contributed by atoms with Gasteiger partial charge < -0.3 is 5.11 Å². The zero-order valence-electron chi connectivity index (χ0n) is 11.0. The topological polar surface area (TPSA) is 110 Å². The van der Waals surface area contributed by atoms with E-state index >= 15 is 0 Å². The van der Waals surface area contributed by atoms with E-state index in [9.17, 15) is 18.5 Å². The third-order valence-electron chi connectivity index (χ3n) is 2.69. The Balaban J connectivity index is 2.60. The molecule has 0 bridgehead atoms. The van der Waals surface area contributed by atoms with Crippen LogP contribution in [0.3, 0.4) is 0 Å². The molecule has 1 aromatic rings. The van der Waals surface area contributed by atoms with Crippen LogP contribution in [-0.4, -0.2) is 31.6 Å². The van der Waals surface area contributed by atoms with Crippen LogP contribution in [0, 0.1) is 10.1 Å². The van der Waals surface area contributed by atoms with Crippen molar-refractivity contribution in [2.45, 2.75) is 25.0 Å². The van der Waals surface area contributed by atoms with Crippen LogP contribution in [0.4, 0.5) is 5.69 Å². The molecule has 8 heteroatoms. The van der Waals surface area contributed by atoms with E-state index in [1.807, 2.05) is 0 Å². The van der Waals surface area contributed by atoms with Gasteiger partial charge in [-0.05, 0) is 19.3 Å². The smallest absolute Gasteiger partial charge is 0.273 e. The molecule has 0 aliphatic rings. The zero-order valence-corrected chi connectivity index (χ0v) is 11.8. The molecule has 0 amide bonds. The van der Waals surface area contributed by atoms with Crippen LogP contribution in [0.25, 0.3) is 0 Å².